The fourth-order valence-corrected chi connectivity index (χ4v) is 7.74. The molecule has 58 heavy (non-hydrogen) atoms. The van der Waals surface area contributed by atoms with Crippen molar-refractivity contribution in [3.05, 3.63) is 72.4 Å². The van der Waals surface area contributed by atoms with Gasteiger partial charge in [-0.05, 0) is 58.0 Å². The van der Waals surface area contributed by atoms with Gasteiger partial charge < -0.3 is 49.6 Å². The second-order valence-electron chi connectivity index (χ2n) is 15.4. The molecule has 3 aromatic carbocycles. The molecule has 0 saturated carbocycles. The van der Waals surface area contributed by atoms with Gasteiger partial charge in [-0.3, -0.25) is 9.69 Å². The molecule has 5 N–H and O–H groups in total. The summed E-state index contributed by atoms with van der Waals surface area (Å²) in [6, 6.07) is 16.5. The number of morpholine rings is 2. The number of amides is 3. The minimum atomic E-state index is -0.985. The van der Waals surface area contributed by atoms with E-state index in [0.717, 1.165) is 44.2 Å². The predicted molar refractivity (Wildman–Crippen MR) is 216 cm³/mol. The molecule has 4 heterocycles. The summed E-state index contributed by atoms with van der Waals surface area (Å²) < 4.78 is 21.2. The van der Waals surface area contributed by atoms with Crippen LogP contribution >= 0.6 is 0 Å². The molecule has 5 unspecified atom stereocenters. The van der Waals surface area contributed by atoms with Crippen molar-refractivity contribution in [1.29, 1.82) is 0 Å². The van der Waals surface area contributed by atoms with Crippen LogP contribution in [0, 0.1) is 11.8 Å². The number of alkyl carbamates (subject to hydrolysis) is 2. The molecular weight excluding hydrogens is 745 g/mol. The molecule has 2 aliphatic rings. The number of fused-ring (bicyclic) bond motifs is 2. The molecule has 308 valence electrons. The molecule has 0 radical (unpaired) electrons. The van der Waals surface area contributed by atoms with Crippen LogP contribution in [-0.2, 0) is 23.7 Å². The summed E-state index contributed by atoms with van der Waals surface area (Å²) in [6.07, 6.45) is -0.443. The number of rotatable bonds is 11. The van der Waals surface area contributed by atoms with Gasteiger partial charge in [-0.15, -0.1) is 0 Å². The van der Waals surface area contributed by atoms with E-state index in [1.54, 1.807) is 11.1 Å². The number of aromatic amines is 2. The third-order valence-electron chi connectivity index (χ3n) is 11.0. The van der Waals surface area contributed by atoms with Gasteiger partial charge in [0.05, 0.1) is 75.7 Å². The first-order valence-corrected chi connectivity index (χ1v) is 19.6. The van der Waals surface area contributed by atoms with Gasteiger partial charge in [-0.1, -0.05) is 58.0 Å². The molecule has 0 aliphatic carbocycles. The average Bonchev–Trinajstić information content (AvgIpc) is 3.91. The summed E-state index contributed by atoms with van der Waals surface area (Å²) in [7, 11) is 2.58. The summed E-state index contributed by atoms with van der Waals surface area (Å²) in [4.78, 5) is 57.9. The van der Waals surface area contributed by atoms with E-state index in [4.69, 9.17) is 28.9 Å². The van der Waals surface area contributed by atoms with Crippen LogP contribution in [0.3, 0.4) is 0 Å². The number of imidazole rings is 2. The molecule has 2 aromatic heterocycles. The molecule has 2 fully saturated rings. The van der Waals surface area contributed by atoms with Crippen molar-refractivity contribution in [2.75, 3.05) is 53.7 Å². The molecule has 5 aromatic rings. The minimum absolute atomic E-state index is 0.0567. The highest BCUT2D eigenvalue weighted by Gasteiger charge is 2.38. The number of ether oxygens (including phenoxy) is 4. The maximum absolute atomic E-state index is 13.7. The third-order valence-corrected chi connectivity index (χ3v) is 11.0. The van der Waals surface area contributed by atoms with Crippen LogP contribution in [0.4, 0.5) is 9.59 Å². The van der Waals surface area contributed by atoms with Crippen LogP contribution in [0.5, 0.6) is 0 Å². The number of hydrogen-bond donors (Lipinski definition) is 5. The van der Waals surface area contributed by atoms with E-state index in [1.165, 1.54) is 14.2 Å². The molecule has 7 rings (SSSR count). The first-order valence-electron chi connectivity index (χ1n) is 19.6. The van der Waals surface area contributed by atoms with Gasteiger partial charge in [-0.2, -0.15) is 0 Å². The van der Waals surface area contributed by atoms with Crippen LogP contribution in [0.1, 0.15) is 51.4 Å². The molecule has 0 spiro atoms. The lowest BCUT2D eigenvalue weighted by atomic mass is 9.99. The lowest BCUT2D eigenvalue weighted by Crippen LogP contribution is -2.57. The minimum Gasteiger partial charge on any atom is -0.453 e. The molecule has 2 aliphatic heterocycles. The zero-order valence-corrected chi connectivity index (χ0v) is 33.7. The second-order valence-corrected chi connectivity index (χ2v) is 15.4. The van der Waals surface area contributed by atoms with Crippen molar-refractivity contribution < 1.29 is 38.4 Å². The van der Waals surface area contributed by atoms with E-state index in [9.17, 15) is 19.5 Å². The number of hydrogen-bond acceptors (Lipinski definition) is 11. The number of H-pyrrole nitrogens is 2. The number of nitrogens with zero attached hydrogens (tertiary/aromatic N) is 4. The SMILES string of the molecule is COC(=O)NC(C(=O)N1CCOCC1c1nc2ccc(-c3ccc4cc(-c5cnc(C6COCCN6C(O)C(NC(=O)OC)C(C)C)[nH]5)ccc4c3)cc2[nH]1)C(C)C. The molecule has 3 amide bonds. The Kier molecular flexibility index (Phi) is 12.3. The van der Waals surface area contributed by atoms with Gasteiger partial charge in [0.25, 0.3) is 0 Å². The van der Waals surface area contributed by atoms with Crippen molar-refractivity contribution in [2.24, 2.45) is 11.8 Å². The molecule has 0 bridgehead atoms. The van der Waals surface area contributed by atoms with Gasteiger partial charge in [0.15, 0.2) is 0 Å². The average molecular weight is 797 g/mol. The molecule has 2 saturated heterocycles. The number of carbonyl (C=O) groups is 3. The van der Waals surface area contributed by atoms with Gasteiger partial charge in [0.2, 0.25) is 5.91 Å². The Morgan fingerprint density at radius 3 is 2.14 bits per heavy atom. The van der Waals surface area contributed by atoms with E-state index in [1.807, 2.05) is 44.7 Å². The van der Waals surface area contributed by atoms with Crippen LogP contribution in [-0.4, -0.2) is 125 Å². The first-order chi connectivity index (χ1) is 27.9. The number of nitrogens with one attached hydrogen (secondary N) is 4. The lowest BCUT2D eigenvalue weighted by Gasteiger charge is -2.41. The molecule has 5 atom stereocenters. The number of carbonyl (C=O) groups excluding carboxylic acids is 3. The van der Waals surface area contributed by atoms with Gasteiger partial charge >= 0.3 is 12.2 Å². The number of aliphatic hydroxyl groups is 1. The van der Waals surface area contributed by atoms with Crippen molar-refractivity contribution in [3.63, 3.8) is 0 Å². The third kappa shape index (κ3) is 8.50. The number of aliphatic hydroxyl groups excluding tert-OH is 1. The molecule has 16 nitrogen and oxygen atoms in total. The van der Waals surface area contributed by atoms with E-state index < -0.39 is 36.5 Å². The highest BCUT2D eigenvalue weighted by molar-refractivity contribution is 5.92. The quantitative estimate of drug-likeness (QED) is 0.119. The predicted octanol–water partition coefficient (Wildman–Crippen LogP) is 5.13. The van der Waals surface area contributed by atoms with Gasteiger partial charge in [-0.25, -0.2) is 19.6 Å². The molecular formula is C42H52N8O8. The van der Waals surface area contributed by atoms with Crippen LogP contribution < -0.4 is 10.6 Å². The largest absolute Gasteiger partial charge is 0.453 e. The Morgan fingerprint density at radius 1 is 0.793 bits per heavy atom. The normalized spacial score (nSPS) is 19.3. The fourth-order valence-electron chi connectivity index (χ4n) is 7.74. The first kappa shape index (κ1) is 40.6. The monoisotopic (exact) mass is 796 g/mol. The Hall–Kier alpha value is -5.55. The van der Waals surface area contributed by atoms with Gasteiger partial charge in [0.1, 0.15) is 30.0 Å². The maximum Gasteiger partial charge on any atom is 0.407 e. The van der Waals surface area contributed by atoms with Crippen LogP contribution in [0.15, 0.2) is 60.8 Å². The summed E-state index contributed by atoms with van der Waals surface area (Å²) in [6.45, 7) is 9.91. The van der Waals surface area contributed by atoms with Crippen molar-refractivity contribution in [3.8, 4) is 22.4 Å². The number of benzene rings is 3. The molecule has 16 heteroatoms. The van der Waals surface area contributed by atoms with E-state index in [0.29, 0.717) is 44.6 Å². The van der Waals surface area contributed by atoms with E-state index in [-0.39, 0.29) is 30.4 Å². The topological polar surface area (TPSA) is 196 Å². The van der Waals surface area contributed by atoms with E-state index >= 15 is 0 Å². The van der Waals surface area contributed by atoms with Crippen LogP contribution in [0.2, 0.25) is 0 Å². The fraction of sp³-hybridized carbons (Fsp3) is 0.452. The highest BCUT2D eigenvalue weighted by Crippen LogP contribution is 2.33. The zero-order chi connectivity index (χ0) is 41.1. The van der Waals surface area contributed by atoms with Crippen molar-refractivity contribution >= 4 is 39.9 Å². The van der Waals surface area contributed by atoms with Gasteiger partial charge in [0, 0.05) is 18.7 Å². The lowest BCUT2D eigenvalue weighted by molar-refractivity contribution is -0.143. The Balaban J connectivity index is 1.09. The number of aromatic nitrogens is 4. The summed E-state index contributed by atoms with van der Waals surface area (Å²) in [5.74, 6) is 0.849. The smallest absolute Gasteiger partial charge is 0.407 e. The summed E-state index contributed by atoms with van der Waals surface area (Å²) in [5.41, 5.74) is 5.43. The maximum atomic E-state index is 13.7. The van der Waals surface area contributed by atoms with Crippen LogP contribution in [0.25, 0.3) is 44.2 Å². The van der Waals surface area contributed by atoms with Crippen molar-refractivity contribution in [2.45, 2.75) is 58.1 Å². The Bertz CT molecular complexity index is 2250. The van der Waals surface area contributed by atoms with E-state index in [2.05, 4.69) is 63.1 Å². The zero-order valence-electron chi connectivity index (χ0n) is 33.7. The highest BCUT2D eigenvalue weighted by atomic mass is 16.5. The Morgan fingerprint density at radius 2 is 1.43 bits per heavy atom. The van der Waals surface area contributed by atoms with Crippen molar-refractivity contribution in [1.82, 2.24) is 40.4 Å². The number of methoxy groups -OCH3 is 2. The second kappa shape index (κ2) is 17.5. The standard InChI is InChI=1S/C42H52N8O8/c1-23(2)35(47-41(53)55-5)39(51)49-13-15-57-21-33(49)37-43-20-32(46-37)29-10-9-25-17-26(7-8-27(25)18-29)28-11-12-30-31(19-28)45-38(44-30)34-22-58-16-14-50(34)40(52)36(24(3)4)48-42(54)56-6/h7-12,17-20,23-24,33-36,39,51H,13-16,21-22H2,1-6H3,(H,43,46)(H,44,45)(H,47,53)(H,48,54). The summed E-state index contributed by atoms with van der Waals surface area (Å²) in [5, 5.41) is 19.0. The summed E-state index contributed by atoms with van der Waals surface area (Å²) >= 11 is 0. The Labute approximate surface area is 336 Å².